The Kier molecular flexibility index (Phi) is 5.17. The van der Waals surface area contributed by atoms with Crippen molar-refractivity contribution in [3.8, 4) is 0 Å². The van der Waals surface area contributed by atoms with Crippen molar-refractivity contribution in [1.29, 1.82) is 0 Å². The maximum atomic E-state index is 12.5. The van der Waals surface area contributed by atoms with E-state index in [0.717, 1.165) is 23.8 Å². The summed E-state index contributed by atoms with van der Waals surface area (Å²) in [5.74, 6) is 0.225. The molecule has 0 aliphatic carbocycles. The summed E-state index contributed by atoms with van der Waals surface area (Å²) < 4.78 is 0. The minimum absolute atomic E-state index is 0.0173. The number of rotatable bonds is 3. The fraction of sp³-hybridized carbons (Fsp3) is 0.333. The molecule has 0 atom stereocenters. The molecule has 25 heavy (non-hydrogen) atoms. The van der Waals surface area contributed by atoms with Crippen molar-refractivity contribution in [2.45, 2.75) is 12.8 Å². The molecule has 1 saturated heterocycles. The van der Waals surface area contributed by atoms with E-state index in [2.05, 4.69) is 18.2 Å². The highest BCUT2D eigenvalue weighted by molar-refractivity contribution is 5.96. The third-order valence-corrected chi connectivity index (χ3v) is 4.83. The molecule has 2 amide bonds. The van der Waals surface area contributed by atoms with Crippen LogP contribution < -0.4 is 0 Å². The molecule has 1 fully saturated rings. The highest BCUT2D eigenvalue weighted by atomic mass is 16.2. The second kappa shape index (κ2) is 7.51. The third-order valence-electron chi connectivity index (χ3n) is 4.83. The van der Waals surface area contributed by atoms with Gasteiger partial charge in [-0.1, -0.05) is 42.5 Å². The lowest BCUT2D eigenvalue weighted by molar-refractivity contribution is -0.137. The molecule has 4 nitrogen and oxygen atoms in total. The van der Waals surface area contributed by atoms with Crippen LogP contribution in [0.15, 0.2) is 48.5 Å². The van der Waals surface area contributed by atoms with Crippen molar-refractivity contribution >= 4 is 28.7 Å². The summed E-state index contributed by atoms with van der Waals surface area (Å²) >= 11 is 0. The zero-order valence-corrected chi connectivity index (χ0v) is 14.8. The smallest absolute Gasteiger partial charge is 0.246 e. The van der Waals surface area contributed by atoms with E-state index in [4.69, 9.17) is 0 Å². The number of carbonyl (C=O) groups excluding carboxylic acids is 2. The summed E-state index contributed by atoms with van der Waals surface area (Å²) in [6.45, 7) is 1.28. The first kappa shape index (κ1) is 17.2. The molecule has 2 aromatic carbocycles. The fourth-order valence-corrected chi connectivity index (χ4v) is 3.37. The standard InChI is InChI=1S/C21H24N2O2/c1-22(2)21(25)18-12-14-23(15-13-18)20(24)11-10-17-8-5-7-16-6-3-4-9-19(16)17/h3-11,18H,12-15H2,1-2H3/b11-10+. The lowest BCUT2D eigenvalue weighted by Crippen LogP contribution is -2.42. The van der Waals surface area contributed by atoms with Crippen molar-refractivity contribution < 1.29 is 9.59 Å². The summed E-state index contributed by atoms with van der Waals surface area (Å²) in [5, 5.41) is 2.31. The summed E-state index contributed by atoms with van der Waals surface area (Å²) in [6.07, 6.45) is 5.02. The lowest BCUT2D eigenvalue weighted by atomic mass is 9.95. The van der Waals surface area contributed by atoms with Crippen molar-refractivity contribution in [3.63, 3.8) is 0 Å². The first-order valence-electron chi connectivity index (χ1n) is 8.72. The van der Waals surface area contributed by atoms with Crippen molar-refractivity contribution in [2.75, 3.05) is 27.2 Å². The highest BCUT2D eigenvalue weighted by Gasteiger charge is 2.27. The molecule has 1 aliphatic heterocycles. The molecular weight excluding hydrogens is 312 g/mol. The van der Waals surface area contributed by atoms with E-state index >= 15 is 0 Å². The lowest BCUT2D eigenvalue weighted by Gasteiger charge is -2.31. The van der Waals surface area contributed by atoms with Gasteiger partial charge in [0.15, 0.2) is 0 Å². The maximum Gasteiger partial charge on any atom is 0.246 e. The Hall–Kier alpha value is -2.62. The average molecular weight is 336 g/mol. The Labute approximate surface area is 148 Å². The molecule has 0 saturated carbocycles. The molecule has 130 valence electrons. The SMILES string of the molecule is CN(C)C(=O)C1CCN(C(=O)/C=C/c2cccc3ccccc23)CC1. The topological polar surface area (TPSA) is 40.6 Å². The predicted octanol–water partition coefficient (Wildman–Crippen LogP) is 3.18. The van der Waals surface area contributed by atoms with Crippen LogP contribution in [0.2, 0.25) is 0 Å². The number of benzene rings is 2. The van der Waals surface area contributed by atoms with Gasteiger partial charge in [-0.15, -0.1) is 0 Å². The number of likely N-dealkylation sites (tertiary alicyclic amines) is 1. The van der Waals surface area contributed by atoms with Gasteiger partial charge in [0.25, 0.3) is 0 Å². The van der Waals surface area contributed by atoms with E-state index < -0.39 is 0 Å². The van der Waals surface area contributed by atoms with Crippen LogP contribution in [0.3, 0.4) is 0 Å². The predicted molar refractivity (Wildman–Crippen MR) is 101 cm³/mol. The third kappa shape index (κ3) is 3.90. The molecule has 4 heteroatoms. The molecule has 1 aliphatic rings. The molecule has 0 N–H and O–H groups in total. The first-order valence-corrected chi connectivity index (χ1v) is 8.72. The molecular formula is C21H24N2O2. The Bertz CT molecular complexity index is 797. The maximum absolute atomic E-state index is 12.5. The number of carbonyl (C=O) groups is 2. The van der Waals surface area contributed by atoms with Crippen molar-refractivity contribution in [3.05, 3.63) is 54.1 Å². The van der Waals surface area contributed by atoms with E-state index in [0.29, 0.717) is 13.1 Å². The van der Waals surface area contributed by atoms with Gasteiger partial charge >= 0.3 is 0 Å². The minimum atomic E-state index is 0.0173. The van der Waals surface area contributed by atoms with E-state index in [1.807, 2.05) is 35.2 Å². The number of piperidine rings is 1. The van der Waals surface area contributed by atoms with Crippen LogP contribution >= 0.6 is 0 Å². The molecule has 3 rings (SSSR count). The molecule has 0 radical (unpaired) electrons. The normalized spacial score (nSPS) is 15.7. The number of nitrogens with zero attached hydrogens (tertiary/aromatic N) is 2. The van der Waals surface area contributed by atoms with Gasteiger partial charge in [-0.05, 0) is 35.3 Å². The zero-order chi connectivity index (χ0) is 17.8. The monoisotopic (exact) mass is 336 g/mol. The quantitative estimate of drug-likeness (QED) is 0.808. The number of fused-ring (bicyclic) bond motifs is 1. The van der Waals surface area contributed by atoms with Gasteiger partial charge in [0, 0.05) is 39.2 Å². The van der Waals surface area contributed by atoms with Gasteiger partial charge in [-0.3, -0.25) is 9.59 Å². The van der Waals surface area contributed by atoms with Gasteiger partial charge in [-0.2, -0.15) is 0 Å². The zero-order valence-electron chi connectivity index (χ0n) is 14.8. The Morgan fingerprint density at radius 3 is 2.44 bits per heavy atom. The molecule has 0 spiro atoms. The Balaban J connectivity index is 1.65. The van der Waals surface area contributed by atoms with Gasteiger partial charge < -0.3 is 9.80 Å². The van der Waals surface area contributed by atoms with Crippen LogP contribution in [0.5, 0.6) is 0 Å². The van der Waals surface area contributed by atoms with E-state index in [1.165, 1.54) is 5.39 Å². The average Bonchev–Trinajstić information content (AvgIpc) is 2.65. The van der Waals surface area contributed by atoms with Gasteiger partial charge in [0.2, 0.25) is 11.8 Å². The molecule has 0 bridgehead atoms. The van der Waals surface area contributed by atoms with Crippen LogP contribution in [-0.4, -0.2) is 48.8 Å². The Morgan fingerprint density at radius 2 is 1.72 bits per heavy atom. The van der Waals surface area contributed by atoms with Crippen LogP contribution in [0, 0.1) is 5.92 Å². The number of hydrogen-bond donors (Lipinski definition) is 0. The van der Waals surface area contributed by atoms with Crippen molar-refractivity contribution in [1.82, 2.24) is 9.80 Å². The number of hydrogen-bond acceptors (Lipinski definition) is 2. The second-order valence-electron chi connectivity index (χ2n) is 6.73. The van der Waals surface area contributed by atoms with E-state index in [9.17, 15) is 9.59 Å². The molecule has 0 aromatic heterocycles. The van der Waals surface area contributed by atoms with Gasteiger partial charge in [0.05, 0.1) is 0 Å². The summed E-state index contributed by atoms with van der Waals surface area (Å²) in [6, 6.07) is 14.3. The van der Waals surface area contributed by atoms with Gasteiger partial charge in [0.1, 0.15) is 0 Å². The minimum Gasteiger partial charge on any atom is -0.349 e. The summed E-state index contributed by atoms with van der Waals surface area (Å²) in [7, 11) is 3.57. The van der Waals surface area contributed by atoms with Crippen LogP contribution in [-0.2, 0) is 9.59 Å². The first-order chi connectivity index (χ1) is 12.1. The van der Waals surface area contributed by atoms with Crippen LogP contribution in [0.4, 0.5) is 0 Å². The largest absolute Gasteiger partial charge is 0.349 e. The van der Waals surface area contributed by atoms with Gasteiger partial charge in [-0.25, -0.2) is 0 Å². The van der Waals surface area contributed by atoms with Crippen LogP contribution in [0.1, 0.15) is 18.4 Å². The van der Waals surface area contributed by atoms with E-state index in [1.54, 1.807) is 25.1 Å². The molecule has 2 aromatic rings. The highest BCUT2D eigenvalue weighted by Crippen LogP contribution is 2.21. The molecule has 1 heterocycles. The fourth-order valence-electron chi connectivity index (χ4n) is 3.37. The van der Waals surface area contributed by atoms with Crippen LogP contribution in [0.25, 0.3) is 16.8 Å². The molecule has 0 unspecified atom stereocenters. The summed E-state index contributed by atoms with van der Waals surface area (Å²) in [4.78, 5) is 28.0. The van der Waals surface area contributed by atoms with Crippen molar-refractivity contribution in [2.24, 2.45) is 5.92 Å². The second-order valence-corrected chi connectivity index (χ2v) is 6.73. The number of amides is 2. The summed E-state index contributed by atoms with van der Waals surface area (Å²) in [5.41, 5.74) is 1.05. The Morgan fingerprint density at radius 1 is 1.04 bits per heavy atom. The van der Waals surface area contributed by atoms with E-state index in [-0.39, 0.29) is 17.7 Å².